The predicted octanol–water partition coefficient (Wildman–Crippen LogP) is 9.80. The van der Waals surface area contributed by atoms with Crippen LogP contribution in [0.3, 0.4) is 0 Å². The van der Waals surface area contributed by atoms with E-state index in [9.17, 15) is 40.5 Å². The van der Waals surface area contributed by atoms with Gasteiger partial charge in [-0.15, -0.1) is 0 Å². The normalized spacial score (nSPS) is 25.5. The summed E-state index contributed by atoms with van der Waals surface area (Å²) >= 11 is 0. The highest BCUT2D eigenvalue weighted by molar-refractivity contribution is 5.69. The largest absolute Gasteiger partial charge is 0.457 e. The Hall–Kier alpha value is -1.27. The van der Waals surface area contributed by atoms with Crippen LogP contribution in [0.1, 0.15) is 239 Å². The summed E-state index contributed by atoms with van der Waals surface area (Å²) in [5.74, 6) is -0.380. The van der Waals surface area contributed by atoms with E-state index in [0.717, 1.165) is 57.8 Å². The Bertz CT molecular complexity index is 1210. The molecule has 0 aromatic carbocycles. The number of unbranched alkanes of at least 4 members (excludes halogenated alkanes) is 31. The second kappa shape index (κ2) is 44.1. The molecule has 2 aliphatic heterocycles. The van der Waals surface area contributed by atoms with Gasteiger partial charge in [0.1, 0.15) is 54.9 Å². The summed E-state index contributed by atoms with van der Waals surface area (Å²) in [6.45, 7) is 3.72. The maximum absolute atomic E-state index is 13.0. The van der Waals surface area contributed by atoms with Gasteiger partial charge in [0.05, 0.1) is 26.4 Å². The molecule has 0 aliphatic carbocycles. The Morgan fingerprint density at radius 2 is 0.843 bits per heavy atom. The molecule has 0 amide bonds. The van der Waals surface area contributed by atoms with Gasteiger partial charge in [-0.25, -0.2) is 0 Å². The van der Waals surface area contributed by atoms with Crippen LogP contribution < -0.4 is 0 Å². The second-order valence-electron chi connectivity index (χ2n) is 20.5. The standard InChI is InChI=1S/C56H106O14/c1-3-5-7-9-11-13-15-17-19-20-21-22-23-24-25-26-28-30-32-34-36-38-40-65-42-45(68-48(58)39-37-35-33-31-29-27-18-16-14-12-10-8-6-4-2)43-66-55-54(64)52(62)50(60)47(70-55)44-67-56-53(63)51(61)49(59)46(41-57)69-56/h16,18,45-47,49-57,59-64H,3-15,17,19-44H2,1-2H3/b18-16-. The molecule has 2 fully saturated rings. The molecule has 0 spiro atoms. The van der Waals surface area contributed by atoms with Gasteiger partial charge in [-0.3, -0.25) is 4.79 Å². The van der Waals surface area contributed by atoms with Crippen LogP contribution in [0.2, 0.25) is 0 Å². The van der Waals surface area contributed by atoms with E-state index >= 15 is 0 Å². The molecule has 2 rings (SSSR count). The molecule has 2 heterocycles. The van der Waals surface area contributed by atoms with Gasteiger partial charge in [0.25, 0.3) is 0 Å². The van der Waals surface area contributed by atoms with Crippen molar-refractivity contribution < 1.29 is 69.0 Å². The van der Waals surface area contributed by atoms with Crippen LogP contribution in [-0.2, 0) is 33.2 Å². The van der Waals surface area contributed by atoms with E-state index in [1.807, 2.05) is 0 Å². The average Bonchev–Trinajstić information content (AvgIpc) is 3.36. The highest BCUT2D eigenvalue weighted by Crippen LogP contribution is 2.27. The number of aliphatic hydroxyl groups is 7. The average molecular weight is 1000 g/mol. The van der Waals surface area contributed by atoms with E-state index in [4.69, 9.17) is 28.4 Å². The van der Waals surface area contributed by atoms with Crippen molar-refractivity contribution in [2.45, 2.75) is 306 Å². The fraction of sp³-hybridized carbons (Fsp3) is 0.946. The van der Waals surface area contributed by atoms with Gasteiger partial charge in [-0.2, -0.15) is 0 Å². The molecule has 0 aromatic rings. The van der Waals surface area contributed by atoms with Crippen LogP contribution in [0.15, 0.2) is 12.2 Å². The van der Waals surface area contributed by atoms with E-state index in [2.05, 4.69) is 26.0 Å². The summed E-state index contributed by atoms with van der Waals surface area (Å²) in [4.78, 5) is 13.0. The van der Waals surface area contributed by atoms with Gasteiger partial charge in [0.2, 0.25) is 0 Å². The highest BCUT2D eigenvalue weighted by Gasteiger charge is 2.47. The number of rotatable bonds is 47. The van der Waals surface area contributed by atoms with E-state index in [0.29, 0.717) is 13.0 Å². The zero-order valence-electron chi connectivity index (χ0n) is 44.3. The number of allylic oxidation sites excluding steroid dienone is 2. The first kappa shape index (κ1) is 64.8. The minimum Gasteiger partial charge on any atom is -0.457 e. The number of aliphatic hydroxyl groups excluding tert-OH is 7. The Kier molecular flexibility index (Phi) is 40.8. The molecule has 14 heteroatoms. The first-order chi connectivity index (χ1) is 34.1. The van der Waals surface area contributed by atoms with Gasteiger partial charge in [0, 0.05) is 13.0 Å². The van der Waals surface area contributed by atoms with Crippen molar-refractivity contribution >= 4 is 5.97 Å². The summed E-state index contributed by atoms with van der Waals surface area (Å²) in [6, 6.07) is 0. The van der Waals surface area contributed by atoms with Crippen molar-refractivity contribution in [1.82, 2.24) is 0 Å². The van der Waals surface area contributed by atoms with Gasteiger partial charge in [-0.1, -0.05) is 206 Å². The predicted molar refractivity (Wildman–Crippen MR) is 275 cm³/mol. The third-order valence-electron chi connectivity index (χ3n) is 14.0. The molecule has 70 heavy (non-hydrogen) atoms. The molecule has 0 saturated carbocycles. The van der Waals surface area contributed by atoms with E-state index < -0.39 is 80.7 Å². The quantitative estimate of drug-likeness (QED) is 0.0172. The van der Waals surface area contributed by atoms with E-state index in [-0.39, 0.29) is 25.6 Å². The Labute approximate surface area is 425 Å². The molecule has 2 aliphatic rings. The molecule has 0 radical (unpaired) electrons. The first-order valence-corrected chi connectivity index (χ1v) is 28.8. The summed E-state index contributed by atoms with van der Waals surface area (Å²) in [6.07, 6.45) is 31.4. The number of hydrogen-bond donors (Lipinski definition) is 7. The summed E-state index contributed by atoms with van der Waals surface area (Å²) in [7, 11) is 0. The van der Waals surface area contributed by atoms with Crippen molar-refractivity contribution in [2.24, 2.45) is 0 Å². The molecule has 0 bridgehead atoms. The summed E-state index contributed by atoms with van der Waals surface area (Å²) in [5, 5.41) is 72.2. The van der Waals surface area contributed by atoms with Gasteiger partial charge in [0.15, 0.2) is 12.6 Å². The molecule has 11 unspecified atom stereocenters. The van der Waals surface area contributed by atoms with Crippen LogP contribution >= 0.6 is 0 Å². The van der Waals surface area contributed by atoms with Gasteiger partial charge < -0.3 is 64.2 Å². The molecular weight excluding hydrogens is 897 g/mol. The number of carbonyl (C=O) groups is 1. The number of esters is 1. The van der Waals surface area contributed by atoms with Crippen LogP contribution in [-0.4, -0.2) is 142 Å². The van der Waals surface area contributed by atoms with Gasteiger partial charge >= 0.3 is 5.97 Å². The summed E-state index contributed by atoms with van der Waals surface area (Å²) < 4.78 is 34.4. The van der Waals surface area contributed by atoms with Crippen LogP contribution in [0.4, 0.5) is 0 Å². The lowest BCUT2D eigenvalue weighted by atomic mass is 9.98. The van der Waals surface area contributed by atoms with Crippen molar-refractivity contribution in [1.29, 1.82) is 0 Å². The van der Waals surface area contributed by atoms with Crippen molar-refractivity contribution in [3.8, 4) is 0 Å². The number of hydrogen-bond acceptors (Lipinski definition) is 14. The zero-order chi connectivity index (χ0) is 50.9. The third-order valence-corrected chi connectivity index (χ3v) is 14.0. The van der Waals surface area contributed by atoms with E-state index in [1.54, 1.807) is 0 Å². The Balaban J connectivity index is 1.70. The smallest absolute Gasteiger partial charge is 0.306 e. The lowest BCUT2D eigenvalue weighted by Crippen LogP contribution is -2.61. The number of carbonyl (C=O) groups excluding carboxylic acids is 1. The Morgan fingerprint density at radius 3 is 1.30 bits per heavy atom. The number of ether oxygens (including phenoxy) is 6. The third kappa shape index (κ3) is 30.8. The molecule has 14 nitrogen and oxygen atoms in total. The van der Waals surface area contributed by atoms with Crippen LogP contribution in [0.5, 0.6) is 0 Å². The molecule has 414 valence electrons. The molecule has 11 atom stereocenters. The maximum atomic E-state index is 13.0. The van der Waals surface area contributed by atoms with Crippen molar-refractivity contribution in [3.63, 3.8) is 0 Å². The van der Waals surface area contributed by atoms with Crippen molar-refractivity contribution in [2.75, 3.05) is 33.0 Å². The molecular formula is C56H106O14. The Morgan fingerprint density at radius 1 is 0.457 bits per heavy atom. The van der Waals surface area contributed by atoms with Crippen molar-refractivity contribution in [3.05, 3.63) is 12.2 Å². The van der Waals surface area contributed by atoms with Crippen LogP contribution in [0, 0.1) is 0 Å². The lowest BCUT2D eigenvalue weighted by Gasteiger charge is -2.42. The zero-order valence-corrected chi connectivity index (χ0v) is 44.3. The van der Waals surface area contributed by atoms with Gasteiger partial charge in [-0.05, 0) is 38.5 Å². The van der Waals surface area contributed by atoms with Crippen LogP contribution in [0.25, 0.3) is 0 Å². The minimum atomic E-state index is -1.70. The monoisotopic (exact) mass is 1000 g/mol. The van der Waals surface area contributed by atoms with E-state index in [1.165, 1.54) is 154 Å². The molecule has 2 saturated heterocycles. The SMILES string of the molecule is CCCCCCC/C=C\CCCCCCCC(=O)OC(COCCCCCCCCCCCCCCCCCCCCCCCC)COC1OC(COC2OC(CO)C(O)C(O)C2O)C(O)C(O)C1O. The molecule has 7 N–H and O–H groups in total. The fourth-order valence-corrected chi connectivity index (χ4v) is 9.34. The summed E-state index contributed by atoms with van der Waals surface area (Å²) in [5.41, 5.74) is 0. The minimum absolute atomic E-state index is 0.0644. The second-order valence-corrected chi connectivity index (χ2v) is 20.5. The first-order valence-electron chi connectivity index (χ1n) is 28.8. The topological polar surface area (TPSA) is 214 Å². The maximum Gasteiger partial charge on any atom is 0.306 e. The molecule has 0 aromatic heterocycles. The fourth-order valence-electron chi connectivity index (χ4n) is 9.34. The highest BCUT2D eigenvalue weighted by atomic mass is 16.7. The lowest BCUT2D eigenvalue weighted by molar-refractivity contribution is -0.332.